The molecule has 2 aromatic rings. The lowest BCUT2D eigenvalue weighted by atomic mass is 9.93. The van der Waals surface area contributed by atoms with Gasteiger partial charge in [0.2, 0.25) is 0 Å². The van der Waals surface area contributed by atoms with E-state index in [0.29, 0.717) is 0 Å². The SMILES string of the molecule is COc1cnccc1C(NN)c1cccc(C)c1C. The lowest BCUT2D eigenvalue weighted by molar-refractivity contribution is 0.402. The molecule has 0 saturated carbocycles. The van der Waals surface area contributed by atoms with Crippen LogP contribution in [0.1, 0.15) is 28.3 Å². The summed E-state index contributed by atoms with van der Waals surface area (Å²) in [6.07, 6.45) is 3.44. The molecule has 0 fully saturated rings. The van der Waals surface area contributed by atoms with Gasteiger partial charge < -0.3 is 4.74 Å². The zero-order valence-electron chi connectivity index (χ0n) is 11.5. The molecule has 1 atom stereocenters. The molecule has 0 radical (unpaired) electrons. The molecule has 100 valence electrons. The second-order valence-electron chi connectivity index (χ2n) is 4.51. The van der Waals surface area contributed by atoms with Crippen LogP contribution in [0, 0.1) is 13.8 Å². The zero-order chi connectivity index (χ0) is 13.8. The Morgan fingerprint density at radius 2 is 2.00 bits per heavy atom. The van der Waals surface area contributed by atoms with Crippen molar-refractivity contribution in [2.45, 2.75) is 19.9 Å². The predicted molar refractivity (Wildman–Crippen MR) is 75.9 cm³/mol. The molecule has 19 heavy (non-hydrogen) atoms. The van der Waals surface area contributed by atoms with Crippen LogP contribution < -0.4 is 16.0 Å². The highest BCUT2D eigenvalue weighted by atomic mass is 16.5. The lowest BCUT2D eigenvalue weighted by Crippen LogP contribution is -2.29. The fraction of sp³-hybridized carbons (Fsp3) is 0.267. The summed E-state index contributed by atoms with van der Waals surface area (Å²) in [5.41, 5.74) is 7.46. The number of hydrogen-bond donors (Lipinski definition) is 2. The Morgan fingerprint density at radius 3 is 2.68 bits per heavy atom. The van der Waals surface area contributed by atoms with Gasteiger partial charge in [0, 0.05) is 11.8 Å². The van der Waals surface area contributed by atoms with Crippen molar-refractivity contribution < 1.29 is 4.74 Å². The molecule has 0 saturated heterocycles. The summed E-state index contributed by atoms with van der Waals surface area (Å²) < 4.78 is 5.36. The molecule has 1 heterocycles. The number of aryl methyl sites for hydroxylation is 1. The fourth-order valence-electron chi connectivity index (χ4n) is 2.23. The van der Waals surface area contributed by atoms with E-state index < -0.39 is 0 Å². The maximum absolute atomic E-state index is 5.75. The maximum atomic E-state index is 5.75. The molecular weight excluding hydrogens is 238 g/mol. The van der Waals surface area contributed by atoms with E-state index in [2.05, 4.69) is 36.4 Å². The van der Waals surface area contributed by atoms with Crippen molar-refractivity contribution in [3.63, 3.8) is 0 Å². The van der Waals surface area contributed by atoms with Gasteiger partial charge in [0.05, 0.1) is 19.3 Å². The standard InChI is InChI=1S/C15H19N3O/c1-10-5-4-6-12(11(10)2)15(18-16)13-7-8-17-9-14(13)19-3/h4-9,15,18H,16H2,1-3H3. The van der Waals surface area contributed by atoms with E-state index in [9.17, 15) is 0 Å². The Labute approximate surface area is 113 Å². The van der Waals surface area contributed by atoms with E-state index in [1.165, 1.54) is 11.1 Å². The third kappa shape index (κ3) is 2.59. The van der Waals surface area contributed by atoms with E-state index in [4.69, 9.17) is 10.6 Å². The number of nitrogens with two attached hydrogens (primary N) is 1. The van der Waals surface area contributed by atoms with E-state index >= 15 is 0 Å². The number of hydrazine groups is 1. The molecule has 1 aromatic heterocycles. The molecule has 4 nitrogen and oxygen atoms in total. The fourth-order valence-corrected chi connectivity index (χ4v) is 2.23. The van der Waals surface area contributed by atoms with Crippen LogP contribution in [0.15, 0.2) is 36.7 Å². The highest BCUT2D eigenvalue weighted by molar-refractivity contribution is 5.44. The van der Waals surface area contributed by atoms with Gasteiger partial charge in [-0.15, -0.1) is 0 Å². The second kappa shape index (κ2) is 5.82. The number of aromatic nitrogens is 1. The van der Waals surface area contributed by atoms with Crippen LogP contribution in [0.3, 0.4) is 0 Å². The first kappa shape index (κ1) is 13.5. The number of pyridine rings is 1. The summed E-state index contributed by atoms with van der Waals surface area (Å²) in [6, 6.07) is 8.02. The normalized spacial score (nSPS) is 12.2. The minimum atomic E-state index is -0.113. The molecule has 0 aliphatic rings. The Morgan fingerprint density at radius 1 is 1.21 bits per heavy atom. The molecule has 1 aromatic carbocycles. The Kier molecular flexibility index (Phi) is 4.14. The van der Waals surface area contributed by atoms with E-state index in [-0.39, 0.29) is 6.04 Å². The van der Waals surface area contributed by atoms with Crippen molar-refractivity contribution in [1.29, 1.82) is 0 Å². The topological polar surface area (TPSA) is 60.2 Å². The lowest BCUT2D eigenvalue weighted by Gasteiger charge is -2.21. The van der Waals surface area contributed by atoms with Crippen molar-refractivity contribution in [1.82, 2.24) is 10.4 Å². The van der Waals surface area contributed by atoms with Crippen molar-refractivity contribution in [2.75, 3.05) is 7.11 Å². The number of rotatable bonds is 4. The minimum absolute atomic E-state index is 0.113. The summed E-state index contributed by atoms with van der Waals surface area (Å²) >= 11 is 0. The van der Waals surface area contributed by atoms with E-state index in [0.717, 1.165) is 16.9 Å². The average Bonchev–Trinajstić information content (AvgIpc) is 2.45. The number of nitrogens with zero attached hydrogens (tertiary/aromatic N) is 1. The highest BCUT2D eigenvalue weighted by Gasteiger charge is 2.19. The smallest absolute Gasteiger partial charge is 0.142 e. The van der Waals surface area contributed by atoms with Gasteiger partial charge in [-0.2, -0.15) is 0 Å². The van der Waals surface area contributed by atoms with Gasteiger partial charge in [0.1, 0.15) is 5.75 Å². The van der Waals surface area contributed by atoms with E-state index in [1.54, 1.807) is 19.5 Å². The second-order valence-corrected chi connectivity index (χ2v) is 4.51. The van der Waals surface area contributed by atoms with Crippen LogP contribution in [-0.2, 0) is 0 Å². The minimum Gasteiger partial charge on any atom is -0.495 e. The molecule has 0 amide bonds. The van der Waals surface area contributed by atoms with Crippen molar-refractivity contribution >= 4 is 0 Å². The molecule has 0 bridgehead atoms. The number of ether oxygens (including phenoxy) is 1. The third-order valence-electron chi connectivity index (χ3n) is 3.47. The van der Waals surface area contributed by atoms with Crippen LogP contribution >= 0.6 is 0 Å². The average molecular weight is 257 g/mol. The van der Waals surface area contributed by atoms with Crippen LogP contribution in [0.25, 0.3) is 0 Å². The molecule has 1 unspecified atom stereocenters. The van der Waals surface area contributed by atoms with Crippen LogP contribution in [-0.4, -0.2) is 12.1 Å². The quantitative estimate of drug-likeness (QED) is 0.651. The Bertz CT molecular complexity index is 569. The maximum Gasteiger partial charge on any atom is 0.142 e. The molecule has 0 aliphatic heterocycles. The predicted octanol–water partition coefficient (Wildman–Crippen LogP) is 2.26. The van der Waals surface area contributed by atoms with Crippen LogP contribution in [0.5, 0.6) is 5.75 Å². The van der Waals surface area contributed by atoms with Crippen LogP contribution in [0.2, 0.25) is 0 Å². The molecule has 4 heteroatoms. The van der Waals surface area contributed by atoms with Crippen LogP contribution in [0.4, 0.5) is 0 Å². The molecule has 0 aliphatic carbocycles. The first-order chi connectivity index (χ1) is 9.19. The first-order valence-electron chi connectivity index (χ1n) is 6.19. The number of benzene rings is 1. The molecule has 3 N–H and O–H groups in total. The van der Waals surface area contributed by atoms with Gasteiger partial charge in [-0.25, -0.2) is 5.43 Å². The third-order valence-corrected chi connectivity index (χ3v) is 3.47. The molecular formula is C15H19N3O. The van der Waals surface area contributed by atoms with Gasteiger partial charge >= 0.3 is 0 Å². The zero-order valence-corrected chi connectivity index (χ0v) is 11.5. The largest absolute Gasteiger partial charge is 0.495 e. The first-order valence-corrected chi connectivity index (χ1v) is 6.19. The summed E-state index contributed by atoms with van der Waals surface area (Å²) in [5.74, 6) is 6.48. The Balaban J connectivity index is 2.53. The van der Waals surface area contributed by atoms with Gasteiger partial charge in [-0.1, -0.05) is 18.2 Å². The van der Waals surface area contributed by atoms with Gasteiger partial charge in [-0.05, 0) is 36.6 Å². The summed E-state index contributed by atoms with van der Waals surface area (Å²) in [6.45, 7) is 4.19. The van der Waals surface area contributed by atoms with Crippen molar-refractivity contribution in [3.8, 4) is 5.75 Å². The molecule has 0 spiro atoms. The highest BCUT2D eigenvalue weighted by Crippen LogP contribution is 2.31. The monoisotopic (exact) mass is 257 g/mol. The number of methoxy groups -OCH3 is 1. The number of nitrogens with one attached hydrogen (secondary N) is 1. The van der Waals surface area contributed by atoms with Gasteiger partial charge in [0.15, 0.2) is 0 Å². The summed E-state index contributed by atoms with van der Waals surface area (Å²) in [5, 5.41) is 0. The summed E-state index contributed by atoms with van der Waals surface area (Å²) in [7, 11) is 1.64. The molecule has 2 rings (SSSR count). The summed E-state index contributed by atoms with van der Waals surface area (Å²) in [4.78, 5) is 4.07. The Hall–Kier alpha value is -1.91. The van der Waals surface area contributed by atoms with E-state index in [1.807, 2.05) is 12.1 Å². The van der Waals surface area contributed by atoms with Crippen molar-refractivity contribution in [3.05, 3.63) is 58.9 Å². The van der Waals surface area contributed by atoms with Gasteiger partial charge in [0.25, 0.3) is 0 Å². The van der Waals surface area contributed by atoms with Gasteiger partial charge in [-0.3, -0.25) is 10.8 Å². The number of hydrogen-bond acceptors (Lipinski definition) is 4. The van der Waals surface area contributed by atoms with Crippen molar-refractivity contribution in [2.24, 2.45) is 5.84 Å².